The smallest absolute Gasteiger partial charge is 0.229 e. The third-order valence-corrected chi connectivity index (χ3v) is 3.34. The number of piperidine rings is 1. The molecular formula is C12H16N6O. The van der Waals surface area contributed by atoms with Crippen LogP contribution in [0.15, 0.2) is 18.6 Å². The molecule has 0 saturated carbocycles. The highest BCUT2D eigenvalue weighted by Gasteiger charge is 2.28. The van der Waals surface area contributed by atoms with E-state index in [0.29, 0.717) is 11.8 Å². The second-order valence-corrected chi connectivity index (χ2v) is 4.47. The summed E-state index contributed by atoms with van der Waals surface area (Å²) in [5, 5.41) is 6.88. The highest BCUT2D eigenvalue weighted by molar-refractivity contribution is 5.35. The van der Waals surface area contributed by atoms with Gasteiger partial charge >= 0.3 is 0 Å². The maximum Gasteiger partial charge on any atom is 0.229 e. The molecule has 2 aromatic heterocycles. The Morgan fingerprint density at radius 3 is 3.11 bits per heavy atom. The molecule has 7 nitrogen and oxygen atoms in total. The Hall–Kier alpha value is -2.18. The van der Waals surface area contributed by atoms with Gasteiger partial charge in [-0.15, -0.1) is 0 Å². The average Bonchev–Trinajstić information content (AvgIpc) is 3.01. The van der Waals surface area contributed by atoms with Crippen LogP contribution in [0.25, 0.3) is 0 Å². The monoisotopic (exact) mass is 260 g/mol. The third-order valence-electron chi connectivity index (χ3n) is 3.34. The molecule has 0 spiro atoms. The lowest BCUT2D eigenvalue weighted by molar-refractivity contribution is 0.393. The Morgan fingerprint density at radius 2 is 2.32 bits per heavy atom. The molecule has 0 amide bonds. The maximum atomic E-state index is 5.16. The summed E-state index contributed by atoms with van der Waals surface area (Å²) in [5.41, 5.74) is 0. The number of hydrogen-bond donors (Lipinski definition) is 1. The number of hydrogen-bond acceptors (Lipinski definition) is 6. The highest BCUT2D eigenvalue weighted by atomic mass is 16.5. The number of anilines is 1. The first-order valence-electron chi connectivity index (χ1n) is 6.37. The fourth-order valence-corrected chi connectivity index (χ4v) is 2.42. The Bertz CT molecular complexity index is 529. The maximum absolute atomic E-state index is 5.16. The van der Waals surface area contributed by atoms with Crippen molar-refractivity contribution in [1.29, 1.82) is 0 Å². The van der Waals surface area contributed by atoms with Gasteiger partial charge in [-0.3, -0.25) is 5.10 Å². The standard InChI is InChI=1S/C12H16N6O/c1-19-10-5-6-13-12(16-10)18-7-3-2-4-9(18)11-14-8-15-17-11/h5-6,8-9H,2-4,7H2,1H3,(H,14,15,17). The SMILES string of the molecule is COc1ccnc(N2CCCCC2c2ncn[nH]2)n1. The summed E-state index contributed by atoms with van der Waals surface area (Å²) in [6.45, 7) is 0.915. The van der Waals surface area contributed by atoms with Crippen LogP contribution in [0, 0.1) is 0 Å². The van der Waals surface area contributed by atoms with Crippen LogP contribution in [0.2, 0.25) is 0 Å². The van der Waals surface area contributed by atoms with E-state index >= 15 is 0 Å². The summed E-state index contributed by atoms with van der Waals surface area (Å²) in [5.74, 6) is 2.12. The molecule has 2 aromatic rings. The number of rotatable bonds is 3. The molecule has 3 heterocycles. The fraction of sp³-hybridized carbons (Fsp3) is 0.500. The summed E-state index contributed by atoms with van der Waals surface area (Å²) in [6.07, 6.45) is 6.58. The highest BCUT2D eigenvalue weighted by Crippen LogP contribution is 2.31. The van der Waals surface area contributed by atoms with Crippen molar-refractivity contribution in [2.24, 2.45) is 0 Å². The van der Waals surface area contributed by atoms with Gasteiger partial charge in [-0.2, -0.15) is 10.1 Å². The Balaban J connectivity index is 1.91. The summed E-state index contributed by atoms with van der Waals surface area (Å²) < 4.78 is 5.16. The zero-order chi connectivity index (χ0) is 13.1. The molecule has 0 radical (unpaired) electrons. The number of nitrogens with one attached hydrogen (secondary N) is 1. The van der Waals surface area contributed by atoms with Gasteiger partial charge < -0.3 is 9.64 Å². The molecule has 1 N–H and O–H groups in total. The first-order valence-corrected chi connectivity index (χ1v) is 6.37. The molecule has 1 aliphatic heterocycles. The molecule has 1 aliphatic rings. The first-order chi connectivity index (χ1) is 9.38. The Labute approximate surface area is 111 Å². The number of nitrogens with zero attached hydrogens (tertiary/aromatic N) is 5. The van der Waals surface area contributed by atoms with Crippen LogP contribution in [-0.2, 0) is 0 Å². The van der Waals surface area contributed by atoms with Crippen molar-refractivity contribution in [3.05, 3.63) is 24.4 Å². The number of ether oxygens (including phenoxy) is 1. The van der Waals surface area contributed by atoms with Crippen LogP contribution < -0.4 is 9.64 Å². The van der Waals surface area contributed by atoms with Crippen molar-refractivity contribution in [3.8, 4) is 5.88 Å². The second kappa shape index (κ2) is 5.21. The Morgan fingerprint density at radius 1 is 1.37 bits per heavy atom. The van der Waals surface area contributed by atoms with E-state index in [0.717, 1.165) is 25.2 Å². The number of aromatic nitrogens is 5. The molecule has 100 valence electrons. The van der Waals surface area contributed by atoms with E-state index in [4.69, 9.17) is 4.74 Å². The third kappa shape index (κ3) is 2.35. The van der Waals surface area contributed by atoms with Crippen LogP contribution in [0.1, 0.15) is 31.1 Å². The fourth-order valence-electron chi connectivity index (χ4n) is 2.42. The lowest BCUT2D eigenvalue weighted by Crippen LogP contribution is -2.35. The van der Waals surface area contributed by atoms with E-state index in [-0.39, 0.29) is 6.04 Å². The van der Waals surface area contributed by atoms with E-state index in [1.54, 1.807) is 19.4 Å². The normalized spacial score (nSPS) is 19.4. The van der Waals surface area contributed by atoms with Crippen molar-refractivity contribution in [1.82, 2.24) is 25.1 Å². The van der Waals surface area contributed by atoms with E-state index in [1.165, 1.54) is 12.7 Å². The van der Waals surface area contributed by atoms with Crippen molar-refractivity contribution < 1.29 is 4.74 Å². The van der Waals surface area contributed by atoms with E-state index < -0.39 is 0 Å². The van der Waals surface area contributed by atoms with E-state index in [9.17, 15) is 0 Å². The summed E-state index contributed by atoms with van der Waals surface area (Å²) >= 11 is 0. The van der Waals surface area contributed by atoms with Crippen molar-refractivity contribution in [2.45, 2.75) is 25.3 Å². The van der Waals surface area contributed by atoms with Gasteiger partial charge in [-0.25, -0.2) is 9.97 Å². The molecule has 19 heavy (non-hydrogen) atoms. The van der Waals surface area contributed by atoms with E-state index in [1.807, 2.05) is 0 Å². The van der Waals surface area contributed by atoms with Crippen LogP contribution in [-0.4, -0.2) is 38.8 Å². The molecule has 0 bridgehead atoms. The van der Waals surface area contributed by atoms with Gasteiger partial charge in [0.2, 0.25) is 11.8 Å². The quantitative estimate of drug-likeness (QED) is 0.897. The first kappa shape index (κ1) is 11.9. The molecular weight excluding hydrogens is 244 g/mol. The largest absolute Gasteiger partial charge is 0.481 e. The van der Waals surface area contributed by atoms with Gasteiger partial charge in [0, 0.05) is 18.8 Å². The van der Waals surface area contributed by atoms with Gasteiger partial charge in [0.15, 0.2) is 0 Å². The summed E-state index contributed by atoms with van der Waals surface area (Å²) in [7, 11) is 1.61. The van der Waals surface area contributed by atoms with Crippen LogP contribution in [0.3, 0.4) is 0 Å². The van der Waals surface area contributed by atoms with Gasteiger partial charge in [-0.1, -0.05) is 0 Å². The van der Waals surface area contributed by atoms with Crippen LogP contribution in [0.4, 0.5) is 5.95 Å². The van der Waals surface area contributed by atoms with Gasteiger partial charge in [-0.05, 0) is 19.3 Å². The molecule has 1 saturated heterocycles. The van der Waals surface area contributed by atoms with Crippen molar-refractivity contribution in [3.63, 3.8) is 0 Å². The van der Waals surface area contributed by atoms with Crippen LogP contribution >= 0.6 is 0 Å². The van der Waals surface area contributed by atoms with Crippen molar-refractivity contribution in [2.75, 3.05) is 18.6 Å². The minimum absolute atomic E-state index is 0.156. The average molecular weight is 260 g/mol. The van der Waals surface area contributed by atoms with Gasteiger partial charge in [0.1, 0.15) is 12.2 Å². The van der Waals surface area contributed by atoms with Gasteiger partial charge in [0.25, 0.3) is 0 Å². The molecule has 1 fully saturated rings. The number of aromatic amines is 1. The zero-order valence-corrected chi connectivity index (χ0v) is 10.8. The summed E-state index contributed by atoms with van der Waals surface area (Å²) in [4.78, 5) is 15.2. The molecule has 0 aliphatic carbocycles. The number of H-pyrrole nitrogens is 1. The second-order valence-electron chi connectivity index (χ2n) is 4.47. The molecule has 7 heteroatoms. The number of methoxy groups -OCH3 is 1. The molecule has 1 unspecified atom stereocenters. The van der Waals surface area contributed by atoms with Gasteiger partial charge in [0.05, 0.1) is 13.2 Å². The topological polar surface area (TPSA) is 79.8 Å². The molecule has 3 rings (SSSR count). The molecule has 1 atom stereocenters. The van der Waals surface area contributed by atoms with Crippen LogP contribution in [0.5, 0.6) is 5.88 Å². The minimum atomic E-state index is 0.156. The minimum Gasteiger partial charge on any atom is -0.481 e. The lowest BCUT2D eigenvalue weighted by atomic mass is 10.0. The summed E-state index contributed by atoms with van der Waals surface area (Å²) in [6, 6.07) is 1.90. The zero-order valence-electron chi connectivity index (χ0n) is 10.8. The Kier molecular flexibility index (Phi) is 3.26. The predicted octanol–water partition coefficient (Wildman–Crippen LogP) is 1.33. The molecule has 0 aromatic carbocycles. The predicted molar refractivity (Wildman–Crippen MR) is 68.9 cm³/mol. The lowest BCUT2D eigenvalue weighted by Gasteiger charge is -2.34. The van der Waals surface area contributed by atoms with E-state index in [2.05, 4.69) is 30.0 Å². The van der Waals surface area contributed by atoms with Crippen molar-refractivity contribution >= 4 is 5.95 Å².